The van der Waals surface area contributed by atoms with E-state index in [9.17, 15) is 0 Å². The number of rotatable bonds is 3. The molecule has 4 rings (SSSR count). The summed E-state index contributed by atoms with van der Waals surface area (Å²) in [4.78, 5) is 4.92. The van der Waals surface area contributed by atoms with Crippen LogP contribution in [0.2, 0.25) is 0 Å². The minimum Gasteiger partial charge on any atom is -0.384 e. The van der Waals surface area contributed by atoms with E-state index in [-0.39, 0.29) is 0 Å². The molecule has 0 saturated heterocycles. The Morgan fingerprint density at radius 2 is 2.04 bits per heavy atom. The second-order valence-electron chi connectivity index (χ2n) is 6.85. The molecule has 1 saturated carbocycles. The van der Waals surface area contributed by atoms with E-state index < -0.39 is 0 Å². The highest BCUT2D eigenvalue weighted by atomic mass is 15.3. The Kier molecular flexibility index (Phi) is 4.20. The maximum Gasteiger partial charge on any atom is 0.164 e. The van der Waals surface area contributed by atoms with E-state index in [1.165, 1.54) is 32.1 Å². The van der Waals surface area contributed by atoms with Crippen molar-refractivity contribution in [1.29, 1.82) is 0 Å². The van der Waals surface area contributed by atoms with Gasteiger partial charge in [-0.1, -0.05) is 55.7 Å². The predicted octanol–water partition coefficient (Wildman–Crippen LogP) is 4.50. The smallest absolute Gasteiger partial charge is 0.164 e. The van der Waals surface area contributed by atoms with E-state index >= 15 is 0 Å². The SMILES string of the molecule is Nc1cc(C2CCCCC2)nc2c(/C=C/C3C=CC=CC3)cnn12. The van der Waals surface area contributed by atoms with E-state index in [1.54, 1.807) is 4.52 Å². The third-order valence-electron chi connectivity index (χ3n) is 5.11. The van der Waals surface area contributed by atoms with Gasteiger partial charge in [-0.2, -0.15) is 9.61 Å². The van der Waals surface area contributed by atoms with E-state index in [1.807, 2.05) is 12.3 Å². The van der Waals surface area contributed by atoms with Crippen LogP contribution in [-0.2, 0) is 0 Å². The summed E-state index contributed by atoms with van der Waals surface area (Å²) >= 11 is 0. The first-order chi connectivity index (χ1) is 11.8. The van der Waals surface area contributed by atoms with Gasteiger partial charge in [0.2, 0.25) is 0 Å². The lowest BCUT2D eigenvalue weighted by molar-refractivity contribution is 0.437. The summed E-state index contributed by atoms with van der Waals surface area (Å²) in [6, 6.07) is 2.01. The maximum atomic E-state index is 6.23. The second kappa shape index (κ2) is 6.63. The molecule has 4 heteroatoms. The molecular weight excluding hydrogens is 296 g/mol. The van der Waals surface area contributed by atoms with Crippen LogP contribution in [0.1, 0.15) is 55.7 Å². The number of allylic oxidation sites excluding steroid dienone is 5. The minimum absolute atomic E-state index is 0.448. The van der Waals surface area contributed by atoms with Crippen molar-refractivity contribution < 1.29 is 0 Å². The minimum atomic E-state index is 0.448. The zero-order valence-electron chi connectivity index (χ0n) is 13.9. The molecule has 0 bridgehead atoms. The quantitative estimate of drug-likeness (QED) is 0.905. The van der Waals surface area contributed by atoms with Crippen molar-refractivity contribution in [1.82, 2.24) is 14.6 Å². The van der Waals surface area contributed by atoms with Crippen LogP contribution in [0.15, 0.2) is 42.6 Å². The summed E-state index contributed by atoms with van der Waals surface area (Å²) in [7, 11) is 0. The molecule has 124 valence electrons. The lowest BCUT2D eigenvalue weighted by Crippen LogP contribution is -2.10. The van der Waals surface area contributed by atoms with Crippen LogP contribution in [0.25, 0.3) is 11.7 Å². The van der Waals surface area contributed by atoms with Crippen molar-refractivity contribution in [3.63, 3.8) is 0 Å². The molecule has 2 aliphatic carbocycles. The average Bonchev–Trinajstić information content (AvgIpc) is 3.05. The third-order valence-corrected chi connectivity index (χ3v) is 5.11. The van der Waals surface area contributed by atoms with Crippen molar-refractivity contribution in [2.24, 2.45) is 5.92 Å². The number of nitrogens with two attached hydrogens (primary N) is 1. The zero-order chi connectivity index (χ0) is 16.4. The van der Waals surface area contributed by atoms with Crippen molar-refractivity contribution >= 4 is 17.5 Å². The van der Waals surface area contributed by atoms with Crippen molar-refractivity contribution in [3.05, 3.63) is 53.9 Å². The maximum absolute atomic E-state index is 6.23. The van der Waals surface area contributed by atoms with Crippen LogP contribution in [0.5, 0.6) is 0 Å². The average molecular weight is 320 g/mol. The number of nitrogens with zero attached hydrogens (tertiary/aromatic N) is 3. The van der Waals surface area contributed by atoms with Crippen LogP contribution in [0, 0.1) is 5.92 Å². The normalized spacial score (nSPS) is 21.9. The molecule has 1 unspecified atom stereocenters. The molecule has 0 radical (unpaired) electrons. The molecule has 4 nitrogen and oxygen atoms in total. The summed E-state index contributed by atoms with van der Waals surface area (Å²) in [5, 5.41) is 4.41. The standard InChI is InChI=1S/C20H24N4/c21-19-13-18(16-9-5-2-6-10-16)23-20-17(14-22-24(19)20)12-11-15-7-3-1-4-8-15/h1,3-4,7,11-16H,2,5-6,8-10,21H2/b12-11+. The fraction of sp³-hybridized carbons (Fsp3) is 0.400. The summed E-state index contributed by atoms with van der Waals surface area (Å²) < 4.78 is 1.75. The monoisotopic (exact) mass is 320 g/mol. The Labute approximate surface area is 142 Å². The van der Waals surface area contributed by atoms with Crippen molar-refractivity contribution in [3.8, 4) is 0 Å². The molecule has 2 aliphatic rings. The fourth-order valence-electron chi connectivity index (χ4n) is 3.72. The molecule has 0 aromatic carbocycles. The highest BCUT2D eigenvalue weighted by molar-refractivity contribution is 5.67. The number of nitrogen functional groups attached to an aromatic ring is 1. The van der Waals surface area contributed by atoms with Gasteiger partial charge in [-0.05, 0) is 25.2 Å². The van der Waals surface area contributed by atoms with E-state index in [4.69, 9.17) is 10.7 Å². The van der Waals surface area contributed by atoms with Crippen molar-refractivity contribution in [2.45, 2.75) is 44.4 Å². The molecule has 1 fully saturated rings. The van der Waals surface area contributed by atoms with Crippen LogP contribution in [0.4, 0.5) is 5.82 Å². The van der Waals surface area contributed by atoms with Gasteiger partial charge in [0.05, 0.1) is 6.20 Å². The molecule has 2 N–H and O–H groups in total. The molecule has 24 heavy (non-hydrogen) atoms. The summed E-state index contributed by atoms with van der Waals surface area (Å²) in [5.41, 5.74) is 9.29. The summed E-state index contributed by atoms with van der Waals surface area (Å²) in [5.74, 6) is 1.67. The van der Waals surface area contributed by atoms with Crippen LogP contribution in [-0.4, -0.2) is 14.6 Å². The van der Waals surface area contributed by atoms with E-state index in [0.717, 1.165) is 23.3 Å². The van der Waals surface area contributed by atoms with Crippen LogP contribution >= 0.6 is 0 Å². The molecule has 2 aromatic heterocycles. The largest absolute Gasteiger partial charge is 0.384 e. The molecular formula is C20H24N4. The van der Waals surface area contributed by atoms with Gasteiger partial charge in [-0.3, -0.25) is 0 Å². The number of anilines is 1. The predicted molar refractivity (Wildman–Crippen MR) is 98.6 cm³/mol. The highest BCUT2D eigenvalue weighted by Crippen LogP contribution is 2.33. The topological polar surface area (TPSA) is 56.2 Å². The first-order valence-electron chi connectivity index (χ1n) is 8.97. The van der Waals surface area contributed by atoms with Gasteiger partial charge >= 0.3 is 0 Å². The lowest BCUT2D eigenvalue weighted by Gasteiger charge is -2.21. The Morgan fingerprint density at radius 3 is 2.83 bits per heavy atom. The van der Waals surface area contributed by atoms with Crippen molar-refractivity contribution in [2.75, 3.05) is 5.73 Å². The zero-order valence-corrected chi connectivity index (χ0v) is 13.9. The lowest BCUT2D eigenvalue weighted by atomic mass is 9.87. The Balaban J connectivity index is 1.66. The Morgan fingerprint density at radius 1 is 1.17 bits per heavy atom. The Bertz CT molecular complexity index is 806. The van der Waals surface area contributed by atoms with Gasteiger partial charge in [0.15, 0.2) is 5.65 Å². The van der Waals surface area contributed by atoms with Gasteiger partial charge in [-0.15, -0.1) is 0 Å². The molecule has 0 aliphatic heterocycles. The number of hydrogen-bond acceptors (Lipinski definition) is 3. The van der Waals surface area contributed by atoms with E-state index in [0.29, 0.717) is 17.7 Å². The number of hydrogen-bond donors (Lipinski definition) is 1. The molecule has 2 heterocycles. The van der Waals surface area contributed by atoms with Gasteiger partial charge in [0, 0.05) is 23.2 Å². The molecule has 0 spiro atoms. The van der Waals surface area contributed by atoms with Crippen LogP contribution in [0.3, 0.4) is 0 Å². The van der Waals surface area contributed by atoms with Gasteiger partial charge in [0.25, 0.3) is 0 Å². The third kappa shape index (κ3) is 3.01. The van der Waals surface area contributed by atoms with Gasteiger partial charge in [0.1, 0.15) is 5.82 Å². The van der Waals surface area contributed by atoms with Crippen LogP contribution < -0.4 is 5.73 Å². The Hall–Kier alpha value is -2.36. The van der Waals surface area contributed by atoms with Gasteiger partial charge < -0.3 is 5.73 Å². The fourth-order valence-corrected chi connectivity index (χ4v) is 3.72. The number of aromatic nitrogens is 3. The number of fused-ring (bicyclic) bond motifs is 1. The summed E-state index contributed by atoms with van der Waals surface area (Å²) in [6.07, 6.45) is 22.3. The highest BCUT2D eigenvalue weighted by Gasteiger charge is 2.19. The van der Waals surface area contributed by atoms with Gasteiger partial charge in [-0.25, -0.2) is 4.98 Å². The summed E-state index contributed by atoms with van der Waals surface area (Å²) in [6.45, 7) is 0. The molecule has 0 amide bonds. The second-order valence-corrected chi connectivity index (χ2v) is 6.85. The molecule has 1 atom stereocenters. The first-order valence-corrected chi connectivity index (χ1v) is 8.97. The first kappa shape index (κ1) is 15.2. The van der Waals surface area contributed by atoms with E-state index in [2.05, 4.69) is 41.6 Å². The molecule has 2 aromatic rings.